The van der Waals surface area contributed by atoms with Gasteiger partial charge in [0.1, 0.15) is 36.6 Å². The summed E-state index contributed by atoms with van der Waals surface area (Å²) in [5, 5.41) is 76.0. The number of allylic oxidation sites excluding steroid dienone is 2. The molecular formula is C54H105NO10. The zero-order valence-electron chi connectivity index (χ0n) is 42.0. The summed E-state index contributed by atoms with van der Waals surface area (Å²) >= 11 is 0. The van der Waals surface area contributed by atoms with Gasteiger partial charge in [-0.3, -0.25) is 4.79 Å². The third-order valence-corrected chi connectivity index (χ3v) is 13.6. The number of aliphatic hydroxyl groups excluding tert-OH is 7. The Balaban J connectivity index is 2.36. The third kappa shape index (κ3) is 33.1. The summed E-state index contributed by atoms with van der Waals surface area (Å²) in [7, 11) is 0. The maximum Gasteiger partial charge on any atom is 0.249 e. The van der Waals surface area contributed by atoms with Gasteiger partial charge in [0, 0.05) is 0 Å². The first-order valence-corrected chi connectivity index (χ1v) is 27.6. The minimum absolute atomic E-state index is 0.259. The molecule has 8 N–H and O–H groups in total. The predicted octanol–water partition coefficient (Wildman–Crippen LogP) is 10.8. The van der Waals surface area contributed by atoms with Crippen molar-refractivity contribution in [3.05, 3.63) is 12.2 Å². The zero-order chi connectivity index (χ0) is 47.6. The number of amides is 1. The highest BCUT2D eigenvalue weighted by Gasteiger charge is 2.44. The number of hydrogen-bond donors (Lipinski definition) is 8. The Bertz CT molecular complexity index is 1060. The van der Waals surface area contributed by atoms with Crippen LogP contribution in [0.1, 0.15) is 258 Å². The average Bonchev–Trinajstić information content (AvgIpc) is 3.31. The molecule has 9 unspecified atom stereocenters. The molecule has 0 saturated carbocycles. The van der Waals surface area contributed by atoms with E-state index in [0.29, 0.717) is 12.8 Å². The van der Waals surface area contributed by atoms with E-state index in [1.54, 1.807) is 0 Å². The number of carbonyl (C=O) groups excluding carboxylic acids is 1. The second-order valence-electron chi connectivity index (χ2n) is 19.7. The highest BCUT2D eigenvalue weighted by molar-refractivity contribution is 5.80. The third-order valence-electron chi connectivity index (χ3n) is 13.6. The Kier molecular flexibility index (Phi) is 42.0. The van der Waals surface area contributed by atoms with E-state index in [9.17, 15) is 40.5 Å². The van der Waals surface area contributed by atoms with E-state index in [1.165, 1.54) is 180 Å². The highest BCUT2D eigenvalue weighted by Crippen LogP contribution is 2.23. The van der Waals surface area contributed by atoms with Gasteiger partial charge in [-0.1, -0.05) is 231 Å². The normalized spacial score (nSPS) is 20.9. The van der Waals surface area contributed by atoms with Gasteiger partial charge < -0.3 is 50.5 Å². The first-order chi connectivity index (χ1) is 31.7. The molecule has 0 aromatic rings. The molecular weight excluding hydrogens is 823 g/mol. The van der Waals surface area contributed by atoms with Crippen molar-refractivity contribution in [1.82, 2.24) is 5.32 Å². The van der Waals surface area contributed by atoms with E-state index in [-0.39, 0.29) is 12.8 Å². The standard InChI is InChI=1S/C54H105NO10/c1-3-5-7-9-11-13-15-17-19-21-22-23-24-25-26-28-29-31-33-35-37-39-41-46(57)49(59)45(44-64-54-52(62)51(61)50(60)48(43-56)65-54)55-53(63)47(58)42-40-38-36-34-32-30-27-20-18-16-14-12-10-8-6-4-2/h33,35,45-52,54,56-62H,3-32,34,36-44H2,1-2H3,(H,55,63)/b35-33+. The highest BCUT2D eigenvalue weighted by atomic mass is 16.7. The molecule has 1 aliphatic heterocycles. The van der Waals surface area contributed by atoms with Crippen LogP contribution in [0.5, 0.6) is 0 Å². The minimum atomic E-state index is -1.66. The summed E-state index contributed by atoms with van der Waals surface area (Å²) in [6.45, 7) is 3.46. The summed E-state index contributed by atoms with van der Waals surface area (Å²) in [6.07, 6.45) is 38.3. The van der Waals surface area contributed by atoms with Crippen LogP contribution in [0.15, 0.2) is 12.2 Å². The summed E-state index contributed by atoms with van der Waals surface area (Å²) in [6, 6.07) is -1.18. The fourth-order valence-electron chi connectivity index (χ4n) is 9.03. The lowest BCUT2D eigenvalue weighted by Gasteiger charge is -2.40. The fraction of sp³-hybridized carbons (Fsp3) is 0.944. The van der Waals surface area contributed by atoms with Crippen molar-refractivity contribution >= 4 is 5.91 Å². The summed E-state index contributed by atoms with van der Waals surface area (Å²) < 4.78 is 11.1. The quantitative estimate of drug-likeness (QED) is 0.0215. The molecule has 65 heavy (non-hydrogen) atoms. The molecule has 0 bridgehead atoms. The van der Waals surface area contributed by atoms with Gasteiger partial charge in [-0.2, -0.15) is 0 Å². The minimum Gasteiger partial charge on any atom is -0.394 e. The molecule has 1 amide bonds. The van der Waals surface area contributed by atoms with Gasteiger partial charge in [0.15, 0.2) is 6.29 Å². The van der Waals surface area contributed by atoms with Crippen molar-refractivity contribution in [2.75, 3.05) is 13.2 Å². The lowest BCUT2D eigenvalue weighted by molar-refractivity contribution is -0.303. The Labute approximate surface area is 398 Å². The van der Waals surface area contributed by atoms with Crippen LogP contribution in [0.4, 0.5) is 0 Å². The van der Waals surface area contributed by atoms with Crippen molar-refractivity contribution in [2.24, 2.45) is 0 Å². The molecule has 11 heteroatoms. The van der Waals surface area contributed by atoms with Gasteiger partial charge in [0.25, 0.3) is 0 Å². The van der Waals surface area contributed by atoms with E-state index in [2.05, 4.69) is 31.3 Å². The molecule has 1 saturated heterocycles. The van der Waals surface area contributed by atoms with Crippen LogP contribution in [0, 0.1) is 0 Å². The Morgan fingerprint density at radius 2 is 0.908 bits per heavy atom. The first-order valence-electron chi connectivity index (χ1n) is 27.6. The largest absolute Gasteiger partial charge is 0.394 e. The number of ether oxygens (including phenoxy) is 2. The van der Waals surface area contributed by atoms with Crippen LogP contribution in [-0.4, -0.2) is 110 Å². The molecule has 1 aliphatic rings. The second kappa shape index (κ2) is 44.1. The smallest absolute Gasteiger partial charge is 0.249 e. The SMILES string of the molecule is CCCCCCCCCCCCCCCCCCC/C=C/CCCC(O)C(O)C(COC1OC(CO)C(O)C(O)C1O)NC(=O)C(O)CCCCCCCCCCCCCCCCCC. The van der Waals surface area contributed by atoms with Crippen LogP contribution in [0.25, 0.3) is 0 Å². The fourth-order valence-corrected chi connectivity index (χ4v) is 9.03. The van der Waals surface area contributed by atoms with Gasteiger partial charge >= 0.3 is 0 Å². The number of unbranched alkanes of at least 4 members (excludes halogenated alkanes) is 33. The van der Waals surface area contributed by atoms with Crippen molar-refractivity contribution in [2.45, 2.75) is 313 Å². The average molecular weight is 928 g/mol. The van der Waals surface area contributed by atoms with Crippen molar-refractivity contribution < 1.29 is 50.0 Å². The van der Waals surface area contributed by atoms with Crippen molar-refractivity contribution in [1.29, 1.82) is 0 Å². The molecule has 11 nitrogen and oxygen atoms in total. The molecule has 0 aromatic carbocycles. The second-order valence-corrected chi connectivity index (χ2v) is 19.7. The van der Waals surface area contributed by atoms with E-state index in [0.717, 1.165) is 38.5 Å². The lowest BCUT2D eigenvalue weighted by atomic mass is 9.98. The monoisotopic (exact) mass is 928 g/mol. The maximum atomic E-state index is 13.1. The molecule has 1 fully saturated rings. The van der Waals surface area contributed by atoms with Crippen LogP contribution < -0.4 is 5.32 Å². The topological polar surface area (TPSA) is 189 Å². The molecule has 386 valence electrons. The van der Waals surface area contributed by atoms with Crippen molar-refractivity contribution in [3.8, 4) is 0 Å². The van der Waals surface area contributed by atoms with Gasteiger partial charge in [0.05, 0.1) is 25.4 Å². The number of nitrogens with one attached hydrogen (secondary N) is 1. The van der Waals surface area contributed by atoms with Crippen LogP contribution >= 0.6 is 0 Å². The molecule has 1 rings (SSSR count). The number of aliphatic hydroxyl groups is 7. The summed E-state index contributed by atoms with van der Waals surface area (Å²) in [5.74, 6) is -0.702. The number of carbonyl (C=O) groups is 1. The van der Waals surface area contributed by atoms with Gasteiger partial charge in [-0.05, 0) is 38.5 Å². The zero-order valence-corrected chi connectivity index (χ0v) is 42.0. The van der Waals surface area contributed by atoms with E-state index >= 15 is 0 Å². The van der Waals surface area contributed by atoms with Crippen molar-refractivity contribution in [3.63, 3.8) is 0 Å². The van der Waals surface area contributed by atoms with E-state index < -0.39 is 74.2 Å². The number of rotatable bonds is 47. The Morgan fingerprint density at radius 3 is 1.32 bits per heavy atom. The predicted molar refractivity (Wildman–Crippen MR) is 266 cm³/mol. The molecule has 0 aliphatic carbocycles. The van der Waals surface area contributed by atoms with Gasteiger partial charge in [-0.25, -0.2) is 0 Å². The summed E-state index contributed by atoms with van der Waals surface area (Å²) in [4.78, 5) is 13.1. The molecule has 1 heterocycles. The molecule has 9 atom stereocenters. The molecule has 0 radical (unpaired) electrons. The molecule has 0 aromatic heterocycles. The van der Waals surface area contributed by atoms with Gasteiger partial charge in [-0.15, -0.1) is 0 Å². The summed E-state index contributed by atoms with van der Waals surface area (Å²) in [5.41, 5.74) is 0. The lowest BCUT2D eigenvalue weighted by Crippen LogP contribution is -2.60. The van der Waals surface area contributed by atoms with E-state index in [1.807, 2.05) is 0 Å². The van der Waals surface area contributed by atoms with Crippen LogP contribution in [0.3, 0.4) is 0 Å². The van der Waals surface area contributed by atoms with E-state index in [4.69, 9.17) is 9.47 Å². The van der Waals surface area contributed by atoms with Crippen LogP contribution in [-0.2, 0) is 14.3 Å². The first kappa shape index (κ1) is 61.9. The Morgan fingerprint density at radius 1 is 0.523 bits per heavy atom. The van der Waals surface area contributed by atoms with Gasteiger partial charge in [0.2, 0.25) is 5.91 Å². The maximum absolute atomic E-state index is 13.1. The Hall–Kier alpha value is -1.15. The molecule has 0 spiro atoms. The number of hydrogen-bond acceptors (Lipinski definition) is 10. The van der Waals surface area contributed by atoms with Crippen LogP contribution in [0.2, 0.25) is 0 Å².